The average Bonchev–Trinajstić information content (AvgIpc) is 2.57. The van der Waals surface area contributed by atoms with Crippen LogP contribution in [0.15, 0.2) is 0 Å². The molecule has 0 aromatic heterocycles. The molecule has 0 spiro atoms. The third-order valence-corrected chi connectivity index (χ3v) is 5.04. The van der Waals surface area contributed by atoms with E-state index in [-0.39, 0.29) is 0 Å². The minimum Gasteiger partial charge on any atom is -0.342 e. The van der Waals surface area contributed by atoms with Crippen molar-refractivity contribution in [2.24, 2.45) is 5.92 Å². The summed E-state index contributed by atoms with van der Waals surface area (Å²) in [6, 6.07) is 0.626. The number of piperazine rings is 1. The molecule has 0 atom stereocenters. The van der Waals surface area contributed by atoms with Crippen molar-refractivity contribution in [3.05, 3.63) is 0 Å². The van der Waals surface area contributed by atoms with Gasteiger partial charge in [0, 0.05) is 45.3 Å². The van der Waals surface area contributed by atoms with Gasteiger partial charge in [0.05, 0.1) is 6.54 Å². The molecule has 2 heterocycles. The van der Waals surface area contributed by atoms with Crippen LogP contribution in [-0.4, -0.2) is 72.5 Å². The summed E-state index contributed by atoms with van der Waals surface area (Å²) >= 11 is 0. The fourth-order valence-corrected chi connectivity index (χ4v) is 3.32. The fraction of sp³-hybridized carbons (Fsp3) is 0.944. The van der Waals surface area contributed by atoms with E-state index in [2.05, 4.69) is 35.5 Å². The van der Waals surface area contributed by atoms with Crippen molar-refractivity contribution < 1.29 is 4.79 Å². The first-order valence-electron chi connectivity index (χ1n) is 9.34. The SMILES string of the molecule is CC.CCC1CCN(C(=O)CN2CCN(C(C)C)CC2)CC1. The van der Waals surface area contributed by atoms with Gasteiger partial charge in [-0.1, -0.05) is 27.2 Å². The summed E-state index contributed by atoms with van der Waals surface area (Å²) in [5, 5.41) is 0. The van der Waals surface area contributed by atoms with Crippen LogP contribution in [0.3, 0.4) is 0 Å². The molecule has 1 amide bonds. The highest BCUT2D eigenvalue weighted by Crippen LogP contribution is 2.20. The van der Waals surface area contributed by atoms with E-state index in [0.29, 0.717) is 18.5 Å². The Labute approximate surface area is 137 Å². The molecule has 0 aromatic carbocycles. The second kappa shape index (κ2) is 10.2. The first kappa shape index (κ1) is 19.4. The summed E-state index contributed by atoms with van der Waals surface area (Å²) < 4.78 is 0. The van der Waals surface area contributed by atoms with E-state index in [9.17, 15) is 4.79 Å². The zero-order valence-electron chi connectivity index (χ0n) is 15.5. The summed E-state index contributed by atoms with van der Waals surface area (Å²) in [4.78, 5) is 19.3. The number of hydrogen-bond donors (Lipinski definition) is 0. The number of likely N-dealkylation sites (tertiary alicyclic amines) is 1. The molecule has 0 aromatic rings. The minimum atomic E-state index is 0.345. The largest absolute Gasteiger partial charge is 0.342 e. The number of rotatable bonds is 4. The number of carbonyl (C=O) groups excluding carboxylic acids is 1. The van der Waals surface area contributed by atoms with Gasteiger partial charge in [0.25, 0.3) is 0 Å². The Morgan fingerprint density at radius 1 is 1.00 bits per heavy atom. The Morgan fingerprint density at radius 2 is 1.55 bits per heavy atom. The molecule has 0 saturated carbocycles. The topological polar surface area (TPSA) is 26.8 Å². The van der Waals surface area contributed by atoms with Crippen LogP contribution in [-0.2, 0) is 4.79 Å². The van der Waals surface area contributed by atoms with E-state index in [0.717, 1.165) is 45.2 Å². The van der Waals surface area contributed by atoms with Crippen molar-refractivity contribution >= 4 is 5.91 Å². The zero-order chi connectivity index (χ0) is 16.5. The summed E-state index contributed by atoms with van der Waals surface area (Å²) in [7, 11) is 0. The Morgan fingerprint density at radius 3 is 2.00 bits per heavy atom. The lowest BCUT2D eigenvalue weighted by atomic mass is 9.94. The van der Waals surface area contributed by atoms with Gasteiger partial charge in [-0.2, -0.15) is 0 Å². The summed E-state index contributed by atoms with van der Waals surface area (Å²) in [6.45, 7) is 17.6. The van der Waals surface area contributed by atoms with Crippen LogP contribution < -0.4 is 0 Å². The van der Waals surface area contributed by atoms with E-state index < -0.39 is 0 Å². The highest BCUT2D eigenvalue weighted by atomic mass is 16.2. The van der Waals surface area contributed by atoms with Gasteiger partial charge in [-0.05, 0) is 32.6 Å². The van der Waals surface area contributed by atoms with Gasteiger partial charge in [0.15, 0.2) is 0 Å². The highest BCUT2D eigenvalue weighted by Gasteiger charge is 2.25. The Hall–Kier alpha value is -0.610. The molecule has 22 heavy (non-hydrogen) atoms. The van der Waals surface area contributed by atoms with Crippen molar-refractivity contribution in [3.63, 3.8) is 0 Å². The van der Waals surface area contributed by atoms with Crippen molar-refractivity contribution in [2.45, 2.75) is 59.9 Å². The maximum atomic E-state index is 12.3. The van der Waals surface area contributed by atoms with E-state index in [1.807, 2.05) is 13.8 Å². The zero-order valence-corrected chi connectivity index (χ0v) is 15.5. The predicted octanol–water partition coefficient (Wildman–Crippen LogP) is 2.69. The number of piperidine rings is 1. The first-order chi connectivity index (χ1) is 10.6. The smallest absolute Gasteiger partial charge is 0.236 e. The normalized spacial score (nSPS) is 21.6. The fourth-order valence-electron chi connectivity index (χ4n) is 3.32. The van der Waals surface area contributed by atoms with Crippen LogP contribution in [0.4, 0.5) is 0 Å². The molecule has 0 unspecified atom stereocenters. The lowest BCUT2D eigenvalue weighted by molar-refractivity contribution is -0.134. The van der Waals surface area contributed by atoms with E-state index in [4.69, 9.17) is 0 Å². The maximum absolute atomic E-state index is 12.3. The molecule has 0 radical (unpaired) electrons. The Balaban J connectivity index is 0.00000116. The summed E-state index contributed by atoms with van der Waals surface area (Å²) in [5.74, 6) is 1.19. The van der Waals surface area contributed by atoms with Gasteiger partial charge in [0.1, 0.15) is 0 Å². The van der Waals surface area contributed by atoms with Crippen LogP contribution >= 0.6 is 0 Å². The van der Waals surface area contributed by atoms with Crippen LogP contribution in [0, 0.1) is 5.92 Å². The van der Waals surface area contributed by atoms with Crippen LogP contribution in [0.25, 0.3) is 0 Å². The predicted molar refractivity (Wildman–Crippen MR) is 94.1 cm³/mol. The van der Waals surface area contributed by atoms with Crippen molar-refractivity contribution in [3.8, 4) is 0 Å². The molecule has 130 valence electrons. The van der Waals surface area contributed by atoms with Gasteiger partial charge in [0.2, 0.25) is 5.91 Å². The quantitative estimate of drug-likeness (QED) is 0.799. The van der Waals surface area contributed by atoms with Crippen molar-refractivity contribution in [1.82, 2.24) is 14.7 Å². The number of carbonyl (C=O) groups is 1. The highest BCUT2D eigenvalue weighted by molar-refractivity contribution is 5.78. The monoisotopic (exact) mass is 311 g/mol. The lowest BCUT2D eigenvalue weighted by Crippen LogP contribution is -2.52. The molecule has 2 fully saturated rings. The molecule has 4 heteroatoms. The second-order valence-electron chi connectivity index (χ2n) is 6.64. The minimum absolute atomic E-state index is 0.345. The van der Waals surface area contributed by atoms with Crippen molar-refractivity contribution in [1.29, 1.82) is 0 Å². The summed E-state index contributed by atoms with van der Waals surface area (Å²) in [5.41, 5.74) is 0. The molecule has 0 N–H and O–H groups in total. The van der Waals surface area contributed by atoms with Crippen LogP contribution in [0.1, 0.15) is 53.9 Å². The van der Waals surface area contributed by atoms with Gasteiger partial charge < -0.3 is 4.90 Å². The van der Waals surface area contributed by atoms with Gasteiger partial charge >= 0.3 is 0 Å². The first-order valence-corrected chi connectivity index (χ1v) is 9.34. The average molecular weight is 312 g/mol. The second-order valence-corrected chi connectivity index (χ2v) is 6.64. The molecule has 4 nitrogen and oxygen atoms in total. The third kappa shape index (κ3) is 5.88. The van der Waals surface area contributed by atoms with E-state index in [1.54, 1.807) is 0 Å². The van der Waals surface area contributed by atoms with Crippen molar-refractivity contribution in [2.75, 3.05) is 45.8 Å². The Bertz CT molecular complexity index is 303. The lowest BCUT2D eigenvalue weighted by Gasteiger charge is -2.38. The van der Waals surface area contributed by atoms with E-state index in [1.165, 1.54) is 19.3 Å². The molecule has 2 aliphatic heterocycles. The molecule has 2 aliphatic rings. The third-order valence-electron chi connectivity index (χ3n) is 5.04. The molecule has 0 aliphatic carbocycles. The molecular weight excluding hydrogens is 274 g/mol. The summed E-state index contributed by atoms with van der Waals surface area (Å²) in [6.07, 6.45) is 3.66. The van der Waals surface area contributed by atoms with Gasteiger partial charge in [-0.15, -0.1) is 0 Å². The number of nitrogens with zero attached hydrogens (tertiary/aromatic N) is 3. The van der Waals surface area contributed by atoms with Crippen LogP contribution in [0.2, 0.25) is 0 Å². The molecule has 0 bridgehead atoms. The number of hydrogen-bond acceptors (Lipinski definition) is 3. The standard InChI is InChI=1S/C16H31N3O.C2H6/c1-4-15-5-7-19(8-6-15)16(20)13-17-9-11-18(12-10-17)14(2)3;1-2/h14-15H,4-13H2,1-3H3;1-2H3. The van der Waals surface area contributed by atoms with Gasteiger partial charge in [-0.25, -0.2) is 0 Å². The van der Waals surface area contributed by atoms with Crippen LogP contribution in [0.5, 0.6) is 0 Å². The van der Waals surface area contributed by atoms with Gasteiger partial charge in [-0.3, -0.25) is 14.6 Å². The Kier molecular flexibility index (Phi) is 9.03. The molecule has 2 rings (SSSR count). The van der Waals surface area contributed by atoms with E-state index >= 15 is 0 Å². The molecule has 2 saturated heterocycles. The number of amides is 1. The maximum Gasteiger partial charge on any atom is 0.236 e. The molecular formula is C18H37N3O.